The molecule has 2 N–H and O–H groups in total. The molecule has 0 bridgehead atoms. The number of aromatic amines is 1. The number of aryl methyl sites for hydroxylation is 2. The largest absolute Gasteiger partial charge is 0.383 e. The van der Waals surface area contributed by atoms with Crippen LogP contribution in [0.4, 0.5) is 0 Å². The summed E-state index contributed by atoms with van der Waals surface area (Å²) in [5, 5.41) is 15.2. The molecule has 0 amide bonds. The van der Waals surface area contributed by atoms with Crippen molar-refractivity contribution >= 4 is 0 Å². The van der Waals surface area contributed by atoms with Crippen LogP contribution in [-0.2, 0) is 17.8 Å². The second-order valence-electron chi connectivity index (χ2n) is 4.80. The number of hydrogen-bond acceptors (Lipinski definition) is 4. The van der Waals surface area contributed by atoms with Gasteiger partial charge in [-0.3, -0.25) is 9.78 Å². The van der Waals surface area contributed by atoms with Crippen molar-refractivity contribution in [1.29, 1.82) is 0 Å². The molecule has 0 saturated carbocycles. The van der Waals surface area contributed by atoms with E-state index in [0.29, 0.717) is 6.61 Å². The maximum absolute atomic E-state index is 5.03. The van der Waals surface area contributed by atoms with E-state index in [2.05, 4.69) is 34.5 Å². The zero-order valence-corrected chi connectivity index (χ0v) is 12.7. The minimum absolute atomic E-state index is 0.707. The fourth-order valence-electron chi connectivity index (χ4n) is 2.43. The number of ether oxygens (including phenoxy) is 1. The summed E-state index contributed by atoms with van der Waals surface area (Å²) < 4.78 is 7.05. The predicted octanol–water partition coefficient (Wildman–Crippen LogP) is 1.65. The minimum atomic E-state index is 0.707. The van der Waals surface area contributed by atoms with Crippen LogP contribution < -0.4 is 5.32 Å². The highest BCUT2D eigenvalue weighted by Gasteiger charge is 2.17. The van der Waals surface area contributed by atoms with Gasteiger partial charge in [0.1, 0.15) is 0 Å². The Kier molecular flexibility index (Phi) is 4.92. The molecule has 6 heteroatoms. The molecule has 0 saturated heterocycles. The van der Waals surface area contributed by atoms with Gasteiger partial charge in [0.2, 0.25) is 0 Å². The van der Waals surface area contributed by atoms with E-state index in [-0.39, 0.29) is 0 Å². The summed E-state index contributed by atoms with van der Waals surface area (Å²) in [7, 11) is 1.71. The molecule has 0 radical (unpaired) electrons. The van der Waals surface area contributed by atoms with Crippen LogP contribution in [0, 0.1) is 13.8 Å². The van der Waals surface area contributed by atoms with Gasteiger partial charge in [-0.2, -0.15) is 10.2 Å². The molecule has 2 heterocycles. The van der Waals surface area contributed by atoms with E-state index >= 15 is 0 Å². The van der Waals surface area contributed by atoms with Gasteiger partial charge in [-0.25, -0.2) is 0 Å². The molecule has 0 aliphatic heterocycles. The summed E-state index contributed by atoms with van der Waals surface area (Å²) in [5.41, 5.74) is 5.58. The van der Waals surface area contributed by atoms with Crippen molar-refractivity contribution in [2.45, 2.75) is 33.9 Å². The summed E-state index contributed by atoms with van der Waals surface area (Å²) >= 11 is 0. The average molecular weight is 277 g/mol. The predicted molar refractivity (Wildman–Crippen MR) is 78.5 cm³/mol. The highest BCUT2D eigenvalue weighted by molar-refractivity contribution is 5.67. The van der Waals surface area contributed by atoms with Gasteiger partial charge in [0.25, 0.3) is 0 Å². The third kappa shape index (κ3) is 2.91. The van der Waals surface area contributed by atoms with E-state index in [9.17, 15) is 0 Å². The van der Waals surface area contributed by atoms with Crippen LogP contribution in [0.3, 0.4) is 0 Å². The van der Waals surface area contributed by atoms with E-state index in [4.69, 9.17) is 4.74 Å². The summed E-state index contributed by atoms with van der Waals surface area (Å²) in [5.74, 6) is 0. The number of nitrogens with one attached hydrogen (secondary N) is 2. The second-order valence-corrected chi connectivity index (χ2v) is 4.80. The fraction of sp³-hybridized carbons (Fsp3) is 0.571. The highest BCUT2D eigenvalue weighted by atomic mass is 16.5. The monoisotopic (exact) mass is 277 g/mol. The van der Waals surface area contributed by atoms with Crippen molar-refractivity contribution in [3.8, 4) is 11.3 Å². The Labute approximate surface area is 119 Å². The lowest BCUT2D eigenvalue weighted by atomic mass is 10.1. The normalized spacial score (nSPS) is 11.2. The standard InChI is InChI=1S/C14H23N5O/c1-5-19-11(3)13(10(2)18-19)14-12(9-16-17-14)8-15-6-7-20-4/h9,15H,5-8H2,1-4H3,(H,16,17). The van der Waals surface area contributed by atoms with Crippen molar-refractivity contribution in [3.05, 3.63) is 23.1 Å². The number of hydrogen-bond donors (Lipinski definition) is 2. The van der Waals surface area contributed by atoms with E-state index in [0.717, 1.165) is 42.1 Å². The molecule has 2 aromatic heterocycles. The molecule has 0 unspecified atom stereocenters. The molecule has 0 spiro atoms. The van der Waals surface area contributed by atoms with Gasteiger partial charge in [0.15, 0.2) is 0 Å². The first-order valence-electron chi connectivity index (χ1n) is 6.95. The van der Waals surface area contributed by atoms with Crippen molar-refractivity contribution in [1.82, 2.24) is 25.3 Å². The third-order valence-electron chi connectivity index (χ3n) is 3.45. The summed E-state index contributed by atoms with van der Waals surface area (Å²) in [4.78, 5) is 0. The van der Waals surface area contributed by atoms with Gasteiger partial charge in [-0.05, 0) is 20.8 Å². The smallest absolute Gasteiger partial charge is 0.0732 e. The van der Waals surface area contributed by atoms with Crippen LogP contribution in [0.5, 0.6) is 0 Å². The van der Waals surface area contributed by atoms with Crippen molar-refractivity contribution in [2.75, 3.05) is 20.3 Å². The lowest BCUT2D eigenvalue weighted by Gasteiger charge is -2.06. The molecule has 6 nitrogen and oxygen atoms in total. The van der Waals surface area contributed by atoms with E-state index in [1.165, 1.54) is 5.69 Å². The van der Waals surface area contributed by atoms with Crippen LogP contribution in [0.2, 0.25) is 0 Å². The molecule has 0 aromatic carbocycles. The topological polar surface area (TPSA) is 67.8 Å². The number of rotatable bonds is 7. The molecule has 0 atom stereocenters. The quantitative estimate of drug-likeness (QED) is 0.755. The maximum atomic E-state index is 5.03. The van der Waals surface area contributed by atoms with Crippen LogP contribution in [-0.4, -0.2) is 40.2 Å². The maximum Gasteiger partial charge on any atom is 0.0732 e. The Bertz CT molecular complexity index is 558. The van der Waals surface area contributed by atoms with Gasteiger partial charge in [0.05, 0.1) is 24.2 Å². The van der Waals surface area contributed by atoms with Crippen LogP contribution >= 0.6 is 0 Å². The minimum Gasteiger partial charge on any atom is -0.383 e. The second kappa shape index (κ2) is 6.67. The Morgan fingerprint density at radius 3 is 2.85 bits per heavy atom. The van der Waals surface area contributed by atoms with Crippen LogP contribution in [0.15, 0.2) is 6.20 Å². The first-order valence-corrected chi connectivity index (χ1v) is 6.95. The molecule has 20 heavy (non-hydrogen) atoms. The van der Waals surface area contributed by atoms with E-state index in [1.54, 1.807) is 7.11 Å². The van der Waals surface area contributed by atoms with Gasteiger partial charge in [0, 0.05) is 43.6 Å². The highest BCUT2D eigenvalue weighted by Crippen LogP contribution is 2.27. The fourth-order valence-corrected chi connectivity index (χ4v) is 2.43. The lowest BCUT2D eigenvalue weighted by Crippen LogP contribution is -2.18. The average Bonchev–Trinajstić information content (AvgIpc) is 2.99. The molecule has 0 fully saturated rings. The Hall–Kier alpha value is -1.66. The summed E-state index contributed by atoms with van der Waals surface area (Å²) in [6, 6.07) is 0. The third-order valence-corrected chi connectivity index (χ3v) is 3.45. The Morgan fingerprint density at radius 2 is 2.20 bits per heavy atom. The van der Waals surface area contributed by atoms with Crippen LogP contribution in [0.25, 0.3) is 11.3 Å². The molecule has 0 aliphatic carbocycles. The van der Waals surface area contributed by atoms with Gasteiger partial charge in [-0.15, -0.1) is 0 Å². The Morgan fingerprint density at radius 1 is 1.40 bits per heavy atom. The zero-order chi connectivity index (χ0) is 14.5. The molecule has 2 rings (SSSR count). The SMILES string of the molecule is CCn1nc(C)c(-c2[nH]ncc2CNCCOC)c1C. The Balaban J connectivity index is 2.21. The summed E-state index contributed by atoms with van der Waals surface area (Å²) in [6.45, 7) is 9.42. The first-order chi connectivity index (χ1) is 9.69. The van der Waals surface area contributed by atoms with Crippen LogP contribution in [0.1, 0.15) is 23.9 Å². The van der Waals surface area contributed by atoms with Crippen molar-refractivity contribution in [3.63, 3.8) is 0 Å². The number of nitrogens with zero attached hydrogens (tertiary/aromatic N) is 3. The zero-order valence-electron chi connectivity index (χ0n) is 12.7. The van der Waals surface area contributed by atoms with E-state index < -0.39 is 0 Å². The number of aromatic nitrogens is 4. The molecule has 2 aromatic rings. The molecular weight excluding hydrogens is 254 g/mol. The van der Waals surface area contributed by atoms with Gasteiger partial charge >= 0.3 is 0 Å². The van der Waals surface area contributed by atoms with Crippen molar-refractivity contribution < 1.29 is 4.74 Å². The molecular formula is C14H23N5O. The molecule has 0 aliphatic rings. The lowest BCUT2D eigenvalue weighted by molar-refractivity contribution is 0.199. The van der Waals surface area contributed by atoms with Gasteiger partial charge in [-0.1, -0.05) is 0 Å². The van der Waals surface area contributed by atoms with Crippen molar-refractivity contribution in [2.24, 2.45) is 0 Å². The summed E-state index contributed by atoms with van der Waals surface area (Å²) in [6.07, 6.45) is 1.87. The van der Waals surface area contributed by atoms with Gasteiger partial charge < -0.3 is 10.1 Å². The molecule has 110 valence electrons. The number of H-pyrrole nitrogens is 1. The van der Waals surface area contributed by atoms with E-state index in [1.807, 2.05) is 17.8 Å². The number of methoxy groups -OCH3 is 1. The first kappa shape index (κ1) is 14.7.